The second-order valence-electron chi connectivity index (χ2n) is 7.90. The molecule has 1 aliphatic rings. The normalized spacial score (nSPS) is 20.9. The highest BCUT2D eigenvalue weighted by atomic mass is 28.4. The summed E-state index contributed by atoms with van der Waals surface area (Å²) in [6.07, 6.45) is -9.68. The molecule has 0 radical (unpaired) electrons. The van der Waals surface area contributed by atoms with E-state index in [0.717, 1.165) is 0 Å². The van der Waals surface area contributed by atoms with Crippen LogP contribution in [0.3, 0.4) is 0 Å². The summed E-state index contributed by atoms with van der Waals surface area (Å²) in [5.41, 5.74) is -4.74. The number of benzene rings is 1. The Bertz CT molecular complexity index is 964. The SMILES string of the molecule is [C-]#[N+]c1cc(C(F)(F)F)c2[nH]c3c(c2c1)CCCC3(O[Si](C)(C)C)C(F)(F)F. The minimum absolute atomic E-state index is 0.00308. The average Bonchev–Trinajstić information content (AvgIpc) is 2.90. The molecule has 0 aliphatic heterocycles. The van der Waals surface area contributed by atoms with E-state index in [2.05, 4.69) is 9.83 Å². The van der Waals surface area contributed by atoms with Gasteiger partial charge in [-0.1, -0.05) is 0 Å². The van der Waals surface area contributed by atoms with Crippen LogP contribution in [0.1, 0.15) is 29.7 Å². The number of nitrogens with zero attached hydrogens (tertiary/aromatic N) is 1. The Labute approximate surface area is 158 Å². The molecule has 0 saturated heterocycles. The Balaban J connectivity index is 2.40. The molecule has 1 aliphatic carbocycles. The predicted octanol–water partition coefficient (Wildman–Crippen LogP) is 6.68. The molecular weight excluding hydrogens is 402 g/mol. The molecule has 1 heterocycles. The third-order valence-electron chi connectivity index (χ3n) is 4.73. The van der Waals surface area contributed by atoms with E-state index >= 15 is 0 Å². The van der Waals surface area contributed by atoms with Gasteiger partial charge in [-0.15, -0.1) is 0 Å². The van der Waals surface area contributed by atoms with Crippen LogP contribution in [0.2, 0.25) is 19.6 Å². The van der Waals surface area contributed by atoms with Gasteiger partial charge in [-0.05, 0) is 62.0 Å². The highest BCUT2D eigenvalue weighted by Crippen LogP contribution is 2.53. The van der Waals surface area contributed by atoms with Crippen molar-refractivity contribution in [3.05, 3.63) is 40.4 Å². The number of aromatic amines is 1. The number of aryl methyl sites for hydroxylation is 1. The van der Waals surface area contributed by atoms with E-state index in [1.54, 1.807) is 19.6 Å². The summed E-state index contributed by atoms with van der Waals surface area (Å²) in [6.45, 7) is 11.9. The first-order valence-electron chi connectivity index (χ1n) is 8.60. The van der Waals surface area contributed by atoms with Crippen LogP contribution in [0.4, 0.5) is 32.0 Å². The molecule has 1 unspecified atom stereocenters. The van der Waals surface area contributed by atoms with Crippen LogP contribution >= 0.6 is 0 Å². The molecule has 10 heteroatoms. The summed E-state index contributed by atoms with van der Waals surface area (Å²) in [5, 5.41) is 0.00308. The van der Waals surface area contributed by atoms with Crippen molar-refractivity contribution in [2.24, 2.45) is 0 Å². The second-order valence-corrected chi connectivity index (χ2v) is 12.3. The third-order valence-corrected chi connectivity index (χ3v) is 5.69. The van der Waals surface area contributed by atoms with Crippen LogP contribution < -0.4 is 0 Å². The van der Waals surface area contributed by atoms with Gasteiger partial charge < -0.3 is 9.41 Å². The molecule has 0 fully saturated rings. The Morgan fingerprint density at radius 2 is 1.79 bits per heavy atom. The summed E-state index contributed by atoms with van der Waals surface area (Å²) in [4.78, 5) is 5.47. The zero-order chi connectivity index (χ0) is 21.1. The van der Waals surface area contributed by atoms with Crippen molar-refractivity contribution >= 4 is 24.9 Å². The largest absolute Gasteiger partial charge is 0.422 e. The fraction of sp³-hybridized carbons (Fsp3) is 0.500. The van der Waals surface area contributed by atoms with Crippen LogP contribution in [0, 0.1) is 6.57 Å². The van der Waals surface area contributed by atoms with Crippen LogP contribution in [0.15, 0.2) is 12.1 Å². The molecule has 152 valence electrons. The molecular formula is C18H18F6N2OSi. The molecule has 0 amide bonds. The molecule has 1 aromatic heterocycles. The summed E-state index contributed by atoms with van der Waals surface area (Å²) >= 11 is 0. The van der Waals surface area contributed by atoms with Crippen LogP contribution in [-0.4, -0.2) is 19.5 Å². The number of hydrogen-bond donors (Lipinski definition) is 1. The lowest BCUT2D eigenvalue weighted by molar-refractivity contribution is -0.264. The number of halogens is 6. The minimum Gasteiger partial charge on any atom is -0.399 e. The van der Waals surface area contributed by atoms with Crippen molar-refractivity contribution in [2.45, 2.75) is 56.9 Å². The van der Waals surface area contributed by atoms with Crippen molar-refractivity contribution in [3.63, 3.8) is 0 Å². The standard InChI is InChI=1S/C18H18F6N2OSi/c1-25-10-8-12-11-6-5-7-16(18(22,23)24,27-28(2,3)4)15(11)26-14(12)13(9-10)17(19,20)21/h8-9,26H,5-7H2,2-4H3. The Kier molecular flexibility index (Phi) is 4.63. The Morgan fingerprint density at radius 1 is 1.14 bits per heavy atom. The van der Waals surface area contributed by atoms with E-state index in [9.17, 15) is 26.3 Å². The molecule has 1 atom stereocenters. The molecule has 0 spiro atoms. The maximum absolute atomic E-state index is 14.2. The van der Waals surface area contributed by atoms with Gasteiger partial charge in [-0.25, -0.2) is 4.85 Å². The first-order chi connectivity index (χ1) is 12.7. The van der Waals surface area contributed by atoms with Crippen LogP contribution in [0.25, 0.3) is 15.7 Å². The van der Waals surface area contributed by atoms with Gasteiger partial charge in [0.1, 0.15) is 0 Å². The van der Waals surface area contributed by atoms with E-state index in [1.165, 1.54) is 6.07 Å². The first kappa shape index (κ1) is 20.7. The molecule has 0 bridgehead atoms. The van der Waals surface area contributed by atoms with Gasteiger partial charge in [-0.2, -0.15) is 26.3 Å². The van der Waals surface area contributed by atoms with Gasteiger partial charge in [0.2, 0.25) is 0 Å². The number of rotatable bonds is 2. The smallest absolute Gasteiger partial charge is 0.399 e. The molecule has 3 nitrogen and oxygen atoms in total. The van der Waals surface area contributed by atoms with E-state index in [4.69, 9.17) is 11.0 Å². The molecule has 28 heavy (non-hydrogen) atoms. The highest BCUT2D eigenvalue weighted by molar-refractivity contribution is 6.69. The van der Waals surface area contributed by atoms with Crippen LogP contribution in [0.5, 0.6) is 0 Å². The van der Waals surface area contributed by atoms with Gasteiger partial charge in [0.25, 0.3) is 0 Å². The van der Waals surface area contributed by atoms with Gasteiger partial charge in [-0.3, -0.25) is 0 Å². The lowest BCUT2D eigenvalue weighted by Gasteiger charge is -2.42. The molecule has 0 saturated carbocycles. The summed E-state index contributed by atoms with van der Waals surface area (Å²) in [5.74, 6) is 0. The Hall–Kier alpha value is -1.99. The number of alkyl halides is 6. The highest BCUT2D eigenvalue weighted by Gasteiger charge is 2.61. The lowest BCUT2D eigenvalue weighted by Crippen LogP contribution is -2.52. The summed E-state index contributed by atoms with van der Waals surface area (Å²) < 4.78 is 88.9. The topological polar surface area (TPSA) is 29.4 Å². The fourth-order valence-corrected chi connectivity index (χ4v) is 5.20. The number of fused-ring (bicyclic) bond motifs is 3. The van der Waals surface area contributed by atoms with Crippen molar-refractivity contribution in [2.75, 3.05) is 0 Å². The lowest BCUT2D eigenvalue weighted by atomic mass is 9.82. The van der Waals surface area contributed by atoms with Crippen LogP contribution in [-0.2, 0) is 22.6 Å². The molecule has 1 aromatic carbocycles. The monoisotopic (exact) mass is 420 g/mol. The second kappa shape index (κ2) is 6.25. The van der Waals surface area contributed by atoms with Gasteiger partial charge in [0.05, 0.1) is 23.3 Å². The van der Waals surface area contributed by atoms with Gasteiger partial charge in [0.15, 0.2) is 19.6 Å². The fourth-order valence-electron chi connectivity index (χ4n) is 3.83. The third kappa shape index (κ3) is 3.31. The van der Waals surface area contributed by atoms with Gasteiger partial charge in [0, 0.05) is 0 Å². The van der Waals surface area contributed by atoms with Crippen molar-refractivity contribution in [1.82, 2.24) is 4.98 Å². The van der Waals surface area contributed by atoms with E-state index in [-0.39, 0.29) is 41.6 Å². The minimum atomic E-state index is -4.81. The molecule has 1 N–H and O–H groups in total. The Morgan fingerprint density at radius 3 is 2.29 bits per heavy atom. The van der Waals surface area contributed by atoms with E-state index in [0.29, 0.717) is 6.07 Å². The first-order valence-corrected chi connectivity index (χ1v) is 12.0. The summed E-state index contributed by atoms with van der Waals surface area (Å²) in [7, 11) is -2.72. The zero-order valence-corrected chi connectivity index (χ0v) is 16.4. The number of H-pyrrole nitrogens is 1. The number of nitrogens with one attached hydrogen (secondary N) is 1. The zero-order valence-electron chi connectivity index (χ0n) is 15.4. The molecule has 3 rings (SSSR count). The van der Waals surface area contributed by atoms with Crippen molar-refractivity contribution < 1.29 is 30.8 Å². The number of hydrogen-bond acceptors (Lipinski definition) is 1. The number of aromatic nitrogens is 1. The maximum Gasteiger partial charge on any atom is 0.422 e. The van der Waals surface area contributed by atoms with Gasteiger partial charge >= 0.3 is 12.4 Å². The van der Waals surface area contributed by atoms with Crippen molar-refractivity contribution in [3.8, 4) is 0 Å². The van der Waals surface area contributed by atoms with Crippen molar-refractivity contribution in [1.29, 1.82) is 0 Å². The average molecular weight is 420 g/mol. The van der Waals surface area contributed by atoms with E-state index in [1.807, 2.05) is 0 Å². The van der Waals surface area contributed by atoms with E-state index < -0.39 is 37.4 Å². The summed E-state index contributed by atoms with van der Waals surface area (Å²) in [6, 6.07) is 1.87. The maximum atomic E-state index is 14.2. The quantitative estimate of drug-likeness (QED) is 0.328. The molecule has 2 aromatic rings. The predicted molar refractivity (Wildman–Crippen MR) is 94.7 cm³/mol.